The second kappa shape index (κ2) is 15.1. The fraction of sp³-hybridized carbons (Fsp3) is 0.294. The van der Waals surface area contributed by atoms with E-state index in [4.69, 9.17) is 0 Å². The molecule has 0 saturated carbocycles. The molecule has 4 aromatic rings. The largest absolute Gasteiger partial charge is 1.00 e. The Morgan fingerprint density at radius 3 is 1.31 bits per heavy atom. The fourth-order valence-electron chi connectivity index (χ4n) is 5.25. The van der Waals surface area contributed by atoms with Gasteiger partial charge in [0.2, 0.25) is 0 Å². The van der Waals surface area contributed by atoms with Crippen molar-refractivity contribution in [3.8, 4) is 0 Å². The molecule has 0 N–H and O–H groups in total. The molecule has 2 heteroatoms. The minimum absolute atomic E-state index is 0. The molecule has 0 fully saturated rings. The molecule has 0 aromatic heterocycles. The lowest BCUT2D eigenvalue weighted by atomic mass is 10.0. The highest BCUT2D eigenvalue weighted by Crippen LogP contribution is 2.58. The van der Waals surface area contributed by atoms with E-state index in [1.54, 1.807) is 0 Å². The van der Waals surface area contributed by atoms with E-state index in [9.17, 15) is 0 Å². The molecule has 188 valence electrons. The summed E-state index contributed by atoms with van der Waals surface area (Å²) in [6.45, 7) is 2.29. The van der Waals surface area contributed by atoms with Gasteiger partial charge in [0.15, 0.2) is 0 Å². The van der Waals surface area contributed by atoms with Crippen LogP contribution < -0.4 is 32.9 Å². The normalized spacial score (nSPS) is 11.1. The van der Waals surface area contributed by atoms with Gasteiger partial charge in [-0.2, -0.15) is 0 Å². The predicted octanol–water partition coefficient (Wildman–Crippen LogP) is 5.48. The van der Waals surface area contributed by atoms with Crippen LogP contribution in [-0.4, -0.2) is 0 Å². The van der Waals surface area contributed by atoms with Gasteiger partial charge < -0.3 is 17.0 Å². The molecule has 36 heavy (non-hydrogen) atoms. The number of halogens is 1. The maximum absolute atomic E-state index is 2.39. The smallest absolute Gasteiger partial charge is 0.116 e. The highest BCUT2D eigenvalue weighted by molar-refractivity contribution is 7.95. The van der Waals surface area contributed by atoms with Crippen LogP contribution in [0, 0.1) is 0 Å². The summed E-state index contributed by atoms with van der Waals surface area (Å²) in [6.07, 6.45) is 11.7. The first kappa shape index (κ1) is 28.4. The van der Waals surface area contributed by atoms with Crippen LogP contribution in [0.15, 0.2) is 115 Å². The Morgan fingerprint density at radius 1 is 0.444 bits per heavy atom. The Labute approximate surface area is 230 Å². The van der Waals surface area contributed by atoms with Gasteiger partial charge in [0.25, 0.3) is 0 Å². The number of unbranched alkanes of at least 4 members (excludes halogenated alkanes) is 6. The topological polar surface area (TPSA) is 0 Å². The van der Waals surface area contributed by atoms with Crippen molar-refractivity contribution in [2.24, 2.45) is 0 Å². The molecular weight excluding hydrogens is 519 g/mol. The predicted molar refractivity (Wildman–Crippen MR) is 157 cm³/mol. The fourth-order valence-corrected chi connectivity index (χ4v) is 9.56. The first-order valence-electron chi connectivity index (χ1n) is 13.5. The lowest BCUT2D eigenvalue weighted by molar-refractivity contribution is -0.00000704. The van der Waals surface area contributed by atoms with E-state index in [1.165, 1.54) is 78.4 Å². The first-order chi connectivity index (χ1) is 17.3. The van der Waals surface area contributed by atoms with Crippen LogP contribution in [0.1, 0.15) is 63.0 Å². The van der Waals surface area contributed by atoms with Crippen molar-refractivity contribution in [2.45, 2.75) is 64.5 Å². The summed E-state index contributed by atoms with van der Waals surface area (Å²) in [6, 6.07) is 43.0. The van der Waals surface area contributed by atoms with E-state index in [0.717, 1.165) is 6.16 Å². The molecule has 0 radical (unpaired) electrons. The summed E-state index contributed by atoms with van der Waals surface area (Å²) in [7, 11) is -1.86. The van der Waals surface area contributed by atoms with E-state index in [1.807, 2.05) is 0 Å². The summed E-state index contributed by atoms with van der Waals surface area (Å²) in [5.41, 5.74) is 3.05. The molecule has 4 aromatic carbocycles. The minimum Gasteiger partial charge on any atom is -1.00 e. The molecule has 0 spiro atoms. The SMILES string of the molecule is CCCCCCCCCc1ccccc1C[P+](c1ccccc1)(c1ccccc1)c1ccccc1.[Br-]. The third kappa shape index (κ3) is 7.18. The number of rotatable bonds is 13. The zero-order valence-electron chi connectivity index (χ0n) is 21.7. The molecule has 0 aliphatic carbocycles. The average Bonchev–Trinajstić information content (AvgIpc) is 2.93. The highest BCUT2D eigenvalue weighted by Gasteiger charge is 2.45. The summed E-state index contributed by atoms with van der Waals surface area (Å²) >= 11 is 0. The third-order valence-corrected chi connectivity index (χ3v) is 11.5. The molecule has 4 rings (SSSR count). The number of hydrogen-bond donors (Lipinski definition) is 0. The first-order valence-corrected chi connectivity index (χ1v) is 15.4. The number of aryl methyl sites for hydroxylation is 1. The molecule has 0 bridgehead atoms. The van der Waals surface area contributed by atoms with Gasteiger partial charge in [-0.1, -0.05) is 124 Å². The van der Waals surface area contributed by atoms with Crippen molar-refractivity contribution in [3.05, 3.63) is 126 Å². The maximum atomic E-state index is 2.39. The quantitative estimate of drug-likeness (QED) is 0.150. The van der Waals surface area contributed by atoms with Crippen molar-refractivity contribution in [1.82, 2.24) is 0 Å². The van der Waals surface area contributed by atoms with Gasteiger partial charge in [0.1, 0.15) is 23.2 Å². The summed E-state index contributed by atoms with van der Waals surface area (Å²) in [5.74, 6) is 0. The van der Waals surface area contributed by atoms with Crippen LogP contribution in [-0.2, 0) is 12.6 Å². The van der Waals surface area contributed by atoms with Crippen LogP contribution in [0.3, 0.4) is 0 Å². The van der Waals surface area contributed by atoms with E-state index in [2.05, 4.69) is 122 Å². The van der Waals surface area contributed by atoms with E-state index in [-0.39, 0.29) is 17.0 Å². The van der Waals surface area contributed by atoms with Gasteiger partial charge in [-0.25, -0.2) is 0 Å². The zero-order valence-corrected chi connectivity index (χ0v) is 24.1. The van der Waals surface area contributed by atoms with Crippen molar-refractivity contribution in [1.29, 1.82) is 0 Å². The Hall–Kier alpha value is -2.21. The lowest BCUT2D eigenvalue weighted by Crippen LogP contribution is -3.00. The van der Waals surface area contributed by atoms with Crippen molar-refractivity contribution in [2.75, 3.05) is 0 Å². The Balaban J connectivity index is 0.00000361. The maximum Gasteiger partial charge on any atom is 0.116 e. The van der Waals surface area contributed by atoms with Crippen LogP contribution in [0.2, 0.25) is 0 Å². The third-order valence-electron chi connectivity index (χ3n) is 7.17. The van der Waals surface area contributed by atoms with Gasteiger partial charge in [-0.15, -0.1) is 0 Å². The lowest BCUT2D eigenvalue weighted by Gasteiger charge is -2.28. The molecule has 0 aliphatic rings. The summed E-state index contributed by atoms with van der Waals surface area (Å²) in [4.78, 5) is 0. The molecule has 0 nitrogen and oxygen atoms in total. The molecule has 0 heterocycles. The van der Waals surface area contributed by atoms with Crippen molar-refractivity contribution in [3.63, 3.8) is 0 Å². The van der Waals surface area contributed by atoms with Crippen LogP contribution in [0.4, 0.5) is 0 Å². The van der Waals surface area contributed by atoms with Gasteiger partial charge in [0, 0.05) is 0 Å². The molecule has 0 amide bonds. The van der Waals surface area contributed by atoms with Crippen LogP contribution in [0.25, 0.3) is 0 Å². The van der Waals surface area contributed by atoms with E-state index >= 15 is 0 Å². The molecular formula is C34H40BrP. The standard InChI is InChI=1S/C34H40P.BrH/c1-2-3-4-5-6-7-11-20-30-21-18-19-22-31(30)29-35(32-23-12-8-13-24-32,33-25-14-9-15-26-33)34-27-16-10-17-28-34;/h8-10,12-19,21-28H,2-7,11,20,29H2,1H3;1H/q+1;/p-1. The van der Waals surface area contributed by atoms with E-state index in [0.29, 0.717) is 0 Å². The minimum atomic E-state index is -1.86. The Morgan fingerprint density at radius 2 is 0.833 bits per heavy atom. The average molecular weight is 560 g/mol. The molecule has 0 atom stereocenters. The second-order valence-electron chi connectivity index (χ2n) is 9.61. The Kier molecular flexibility index (Phi) is 11.9. The number of benzene rings is 4. The molecule has 0 unspecified atom stereocenters. The highest BCUT2D eigenvalue weighted by atomic mass is 79.9. The second-order valence-corrected chi connectivity index (χ2v) is 13.1. The van der Waals surface area contributed by atoms with Crippen LogP contribution >= 0.6 is 7.26 Å². The van der Waals surface area contributed by atoms with E-state index < -0.39 is 7.26 Å². The van der Waals surface area contributed by atoms with Gasteiger partial charge in [0.05, 0.1) is 6.16 Å². The van der Waals surface area contributed by atoms with Crippen LogP contribution in [0.5, 0.6) is 0 Å². The summed E-state index contributed by atoms with van der Waals surface area (Å²) < 4.78 is 0. The molecule has 0 aliphatic heterocycles. The number of hydrogen-bond acceptors (Lipinski definition) is 0. The van der Waals surface area contributed by atoms with Crippen molar-refractivity contribution >= 4 is 23.2 Å². The van der Waals surface area contributed by atoms with Gasteiger partial charge >= 0.3 is 0 Å². The van der Waals surface area contributed by atoms with Gasteiger partial charge in [-0.05, 0) is 60.4 Å². The molecule has 0 saturated heterocycles. The Bertz CT molecular complexity index is 1030. The van der Waals surface area contributed by atoms with Crippen molar-refractivity contribution < 1.29 is 17.0 Å². The zero-order chi connectivity index (χ0) is 24.2. The summed E-state index contributed by atoms with van der Waals surface area (Å²) in [5, 5.41) is 4.38. The monoisotopic (exact) mass is 558 g/mol. The van der Waals surface area contributed by atoms with Gasteiger partial charge in [-0.3, -0.25) is 0 Å².